The zero-order valence-electron chi connectivity index (χ0n) is 10.7. The van der Waals surface area contributed by atoms with Crippen LogP contribution in [-0.2, 0) is 10.0 Å². The lowest BCUT2D eigenvalue weighted by molar-refractivity contribution is -0.383. The monoisotopic (exact) mass is 329 g/mol. The maximum Gasteiger partial charge on any atom is 0.306 e. The number of nitrogens with two attached hydrogens (primary N) is 1. The molecule has 2 rings (SSSR count). The van der Waals surface area contributed by atoms with Crippen molar-refractivity contribution in [2.75, 3.05) is 10.1 Å². The molecule has 0 aliphatic rings. The first-order chi connectivity index (χ1) is 9.85. The SMILES string of the molecule is Cc1cnccc1NS(=O)(=O)c1cc([N+](=O)[O-])c(NN)s1. The number of rotatable bonds is 5. The second kappa shape index (κ2) is 5.63. The highest BCUT2D eigenvalue weighted by Gasteiger charge is 2.26. The molecule has 0 spiro atoms. The molecule has 0 aliphatic carbocycles. The van der Waals surface area contributed by atoms with Crippen molar-refractivity contribution >= 4 is 37.7 Å². The van der Waals surface area contributed by atoms with Crippen molar-refractivity contribution in [3.05, 3.63) is 40.2 Å². The second-order valence-electron chi connectivity index (χ2n) is 3.98. The maximum absolute atomic E-state index is 12.2. The summed E-state index contributed by atoms with van der Waals surface area (Å²) in [4.78, 5) is 14.0. The summed E-state index contributed by atoms with van der Waals surface area (Å²) in [5.74, 6) is 5.15. The van der Waals surface area contributed by atoms with Gasteiger partial charge in [0.25, 0.3) is 10.0 Å². The molecule has 0 amide bonds. The largest absolute Gasteiger partial charge is 0.310 e. The van der Waals surface area contributed by atoms with E-state index < -0.39 is 20.6 Å². The Kier molecular flexibility index (Phi) is 4.06. The third-order valence-electron chi connectivity index (χ3n) is 2.55. The molecule has 0 radical (unpaired) electrons. The minimum absolute atomic E-state index is 0.0353. The number of sulfonamides is 1. The van der Waals surface area contributed by atoms with Gasteiger partial charge in [-0.3, -0.25) is 19.8 Å². The molecule has 2 aromatic heterocycles. The zero-order chi connectivity index (χ0) is 15.6. The Labute approximate surface area is 124 Å². The highest BCUT2D eigenvalue weighted by atomic mass is 32.2. The van der Waals surface area contributed by atoms with Crippen molar-refractivity contribution in [1.82, 2.24) is 4.98 Å². The number of nitro groups is 1. The van der Waals surface area contributed by atoms with Gasteiger partial charge in [-0.1, -0.05) is 11.3 Å². The molecule has 0 aliphatic heterocycles. The summed E-state index contributed by atoms with van der Waals surface area (Å²) in [6, 6.07) is 2.45. The molecule has 11 heteroatoms. The molecular formula is C10H11N5O4S2. The van der Waals surface area contributed by atoms with Crippen molar-refractivity contribution in [3.8, 4) is 0 Å². The first-order valence-electron chi connectivity index (χ1n) is 5.53. The third-order valence-corrected chi connectivity index (χ3v) is 5.44. The summed E-state index contributed by atoms with van der Waals surface area (Å²) in [6.07, 6.45) is 2.94. The number of nitrogen functional groups attached to an aromatic ring is 1. The van der Waals surface area contributed by atoms with Crippen LogP contribution in [0.25, 0.3) is 0 Å². The lowest BCUT2D eigenvalue weighted by Crippen LogP contribution is -2.12. The first-order valence-corrected chi connectivity index (χ1v) is 7.83. The van der Waals surface area contributed by atoms with Crippen LogP contribution in [0.15, 0.2) is 28.7 Å². The molecule has 0 aromatic carbocycles. The zero-order valence-corrected chi connectivity index (χ0v) is 12.4. The highest BCUT2D eigenvalue weighted by molar-refractivity contribution is 7.94. The molecule has 0 fully saturated rings. The molecule has 2 aromatic rings. The number of nitrogens with zero attached hydrogens (tertiary/aromatic N) is 2. The summed E-state index contributed by atoms with van der Waals surface area (Å²) >= 11 is 0.676. The second-order valence-corrected chi connectivity index (χ2v) is 6.94. The van der Waals surface area contributed by atoms with E-state index in [1.54, 1.807) is 6.92 Å². The minimum atomic E-state index is -3.94. The van der Waals surface area contributed by atoms with E-state index in [-0.39, 0.29) is 9.21 Å². The van der Waals surface area contributed by atoms with E-state index in [1.807, 2.05) is 0 Å². The van der Waals surface area contributed by atoms with Gasteiger partial charge in [0.2, 0.25) is 0 Å². The molecule has 21 heavy (non-hydrogen) atoms. The van der Waals surface area contributed by atoms with Crippen LogP contribution < -0.4 is 16.0 Å². The Morgan fingerprint density at radius 3 is 2.71 bits per heavy atom. The van der Waals surface area contributed by atoms with Crippen molar-refractivity contribution < 1.29 is 13.3 Å². The van der Waals surface area contributed by atoms with Crippen molar-refractivity contribution in [2.24, 2.45) is 5.84 Å². The Balaban J connectivity index is 2.41. The van der Waals surface area contributed by atoms with Crippen LogP contribution in [0.2, 0.25) is 0 Å². The van der Waals surface area contributed by atoms with Gasteiger partial charge in [-0.05, 0) is 18.6 Å². The van der Waals surface area contributed by atoms with Gasteiger partial charge in [0.05, 0.1) is 10.6 Å². The number of aryl methyl sites for hydroxylation is 1. The Hall–Kier alpha value is -2.24. The standard InChI is InChI=1S/C10H11N5O4S2/c1-6-5-12-3-2-7(6)14-21(18,19)9-4-8(15(16)17)10(13-11)20-9/h2-5,13H,11H2,1H3,(H,12,14). The molecule has 0 saturated heterocycles. The first kappa shape index (κ1) is 15.2. The number of anilines is 2. The fourth-order valence-corrected chi connectivity index (χ4v) is 3.88. The summed E-state index contributed by atoms with van der Waals surface area (Å²) in [5, 5.41) is 10.8. The number of pyridine rings is 1. The molecule has 2 heterocycles. The van der Waals surface area contributed by atoms with Gasteiger partial charge >= 0.3 is 5.69 Å². The van der Waals surface area contributed by atoms with E-state index in [0.29, 0.717) is 22.6 Å². The van der Waals surface area contributed by atoms with E-state index in [0.717, 1.165) is 6.07 Å². The summed E-state index contributed by atoms with van der Waals surface area (Å²) < 4.78 is 26.6. The number of hydrazine groups is 1. The number of aromatic nitrogens is 1. The van der Waals surface area contributed by atoms with Crippen molar-refractivity contribution in [1.29, 1.82) is 0 Å². The summed E-state index contributed by atoms with van der Waals surface area (Å²) in [7, 11) is -3.94. The van der Waals surface area contributed by atoms with E-state index in [2.05, 4.69) is 15.1 Å². The van der Waals surface area contributed by atoms with Gasteiger partial charge in [0, 0.05) is 18.5 Å². The molecule has 112 valence electrons. The van der Waals surface area contributed by atoms with Gasteiger partial charge in [0.15, 0.2) is 5.00 Å². The van der Waals surface area contributed by atoms with Crippen LogP contribution in [0.1, 0.15) is 5.56 Å². The van der Waals surface area contributed by atoms with E-state index in [9.17, 15) is 18.5 Å². The topological polar surface area (TPSA) is 140 Å². The number of thiophene rings is 1. The van der Waals surface area contributed by atoms with Gasteiger partial charge in [-0.2, -0.15) is 0 Å². The third kappa shape index (κ3) is 3.09. The average molecular weight is 329 g/mol. The molecule has 0 atom stereocenters. The van der Waals surface area contributed by atoms with Crippen LogP contribution in [0, 0.1) is 17.0 Å². The van der Waals surface area contributed by atoms with Crippen LogP contribution in [-0.4, -0.2) is 18.3 Å². The Morgan fingerprint density at radius 2 is 2.19 bits per heavy atom. The molecule has 0 unspecified atom stereocenters. The molecule has 4 N–H and O–H groups in total. The van der Waals surface area contributed by atoms with Crippen LogP contribution >= 0.6 is 11.3 Å². The predicted molar refractivity (Wildman–Crippen MR) is 78.6 cm³/mol. The average Bonchev–Trinajstić information content (AvgIpc) is 2.86. The minimum Gasteiger partial charge on any atom is -0.310 e. The van der Waals surface area contributed by atoms with Gasteiger partial charge in [-0.25, -0.2) is 14.3 Å². The smallest absolute Gasteiger partial charge is 0.306 e. The van der Waals surface area contributed by atoms with E-state index in [4.69, 9.17) is 5.84 Å². The van der Waals surface area contributed by atoms with Crippen LogP contribution in [0.4, 0.5) is 16.4 Å². The van der Waals surface area contributed by atoms with Crippen LogP contribution in [0.3, 0.4) is 0 Å². The van der Waals surface area contributed by atoms with E-state index in [1.165, 1.54) is 18.5 Å². The van der Waals surface area contributed by atoms with Crippen molar-refractivity contribution in [2.45, 2.75) is 11.1 Å². The van der Waals surface area contributed by atoms with Gasteiger partial charge in [0.1, 0.15) is 4.21 Å². The van der Waals surface area contributed by atoms with E-state index >= 15 is 0 Å². The van der Waals surface area contributed by atoms with Gasteiger partial charge in [-0.15, -0.1) is 0 Å². The molecular weight excluding hydrogens is 318 g/mol. The summed E-state index contributed by atoms with van der Waals surface area (Å²) in [5.41, 5.74) is 2.70. The number of hydrogen-bond donors (Lipinski definition) is 3. The predicted octanol–water partition coefficient (Wildman–Crippen LogP) is 1.45. The fraction of sp³-hybridized carbons (Fsp3) is 0.100. The highest BCUT2D eigenvalue weighted by Crippen LogP contribution is 2.37. The van der Waals surface area contributed by atoms with Gasteiger partial charge < -0.3 is 5.43 Å². The quantitative estimate of drug-likeness (QED) is 0.428. The lowest BCUT2D eigenvalue weighted by Gasteiger charge is -2.07. The summed E-state index contributed by atoms with van der Waals surface area (Å²) in [6.45, 7) is 1.69. The molecule has 9 nitrogen and oxygen atoms in total. The Morgan fingerprint density at radius 1 is 1.48 bits per heavy atom. The van der Waals surface area contributed by atoms with Crippen LogP contribution in [0.5, 0.6) is 0 Å². The molecule has 0 bridgehead atoms. The number of nitrogens with one attached hydrogen (secondary N) is 2. The fourth-order valence-electron chi connectivity index (χ4n) is 1.51. The maximum atomic E-state index is 12.2. The Bertz CT molecular complexity index is 786. The molecule has 0 saturated carbocycles. The number of hydrogen-bond acceptors (Lipinski definition) is 8. The normalized spacial score (nSPS) is 11.1. The lowest BCUT2D eigenvalue weighted by atomic mass is 10.3. The van der Waals surface area contributed by atoms with Crippen molar-refractivity contribution in [3.63, 3.8) is 0 Å².